The largest absolute Gasteiger partial charge is 0.490 e. The molecule has 4 aromatic rings. The second-order valence-electron chi connectivity index (χ2n) is 9.99. The minimum Gasteiger partial charge on any atom is -0.490 e. The van der Waals surface area contributed by atoms with E-state index in [-0.39, 0.29) is 23.5 Å². The van der Waals surface area contributed by atoms with Gasteiger partial charge in [-0.05, 0) is 73.7 Å². The van der Waals surface area contributed by atoms with Crippen molar-refractivity contribution in [3.63, 3.8) is 0 Å². The number of ether oxygens (including phenoxy) is 2. The van der Waals surface area contributed by atoms with Crippen LogP contribution in [0.5, 0.6) is 11.5 Å². The van der Waals surface area contributed by atoms with Crippen molar-refractivity contribution in [1.29, 1.82) is 0 Å². The number of nitrogens with zero attached hydrogens (tertiary/aromatic N) is 1. The first-order valence-electron chi connectivity index (χ1n) is 13.8. The molecule has 0 aliphatic heterocycles. The zero-order valence-corrected chi connectivity index (χ0v) is 25.9. The third-order valence-electron chi connectivity index (χ3n) is 6.15. The molecule has 1 amide bonds. The second kappa shape index (κ2) is 15.4. The van der Waals surface area contributed by atoms with Crippen molar-refractivity contribution in [3.05, 3.63) is 90.3 Å². The summed E-state index contributed by atoms with van der Waals surface area (Å²) >= 11 is 0. The van der Waals surface area contributed by atoms with Crippen molar-refractivity contribution in [2.75, 3.05) is 11.9 Å². The van der Waals surface area contributed by atoms with Crippen LogP contribution in [-0.4, -0.2) is 49.3 Å². The highest BCUT2D eigenvalue weighted by Crippen LogP contribution is 2.33. The minimum absolute atomic E-state index is 0.0279. The normalized spacial score (nSPS) is 12.1. The van der Waals surface area contributed by atoms with Gasteiger partial charge in [-0.15, -0.1) is 0 Å². The van der Waals surface area contributed by atoms with Gasteiger partial charge in [0.15, 0.2) is 11.5 Å². The van der Waals surface area contributed by atoms with E-state index < -0.39 is 28.2 Å². The Kier molecular flexibility index (Phi) is 11.9. The molecule has 3 aromatic carbocycles. The van der Waals surface area contributed by atoms with Crippen molar-refractivity contribution in [2.45, 2.75) is 50.5 Å². The average Bonchev–Trinajstić information content (AvgIpc) is 2.99. The van der Waals surface area contributed by atoms with E-state index in [1.807, 2.05) is 45.0 Å². The summed E-state index contributed by atoms with van der Waals surface area (Å²) in [5.74, 6) is -2.02. The van der Waals surface area contributed by atoms with Gasteiger partial charge in [0, 0.05) is 30.0 Å². The molecule has 246 valence electrons. The lowest BCUT2D eigenvalue weighted by Gasteiger charge is -2.22. The third kappa shape index (κ3) is 10.1. The van der Waals surface area contributed by atoms with E-state index in [0.717, 1.165) is 16.5 Å². The number of nitrogens with one attached hydrogen (secondary N) is 2. The first kappa shape index (κ1) is 35.6. The fourth-order valence-corrected chi connectivity index (χ4v) is 4.95. The number of sulfonamides is 1. The first-order chi connectivity index (χ1) is 21.6. The fourth-order valence-electron chi connectivity index (χ4n) is 4.18. The van der Waals surface area contributed by atoms with E-state index in [4.69, 9.17) is 24.5 Å². The number of benzene rings is 3. The van der Waals surface area contributed by atoms with Crippen molar-refractivity contribution in [1.82, 2.24) is 10.3 Å². The lowest BCUT2D eigenvalue weighted by atomic mass is 10.0. The number of rotatable bonds is 11. The number of halogens is 3. The standard InChI is InChI=1S/C29H32N4O5S.C2HF3O2/c1-4-37-26-16-21(10-12-25(26)38-19(2)3)28(33-24-11-9-22-17-31-14-13-20(22)15-24)29(34)32-18-23-7-5-6-8-27(23)39(30,35)36;3-2(4,5)1(6)7/h5-17,19,28,33H,4,18H2,1-3H3,(H,32,34)(H2,30,35,36);(H,6,7). The van der Waals surface area contributed by atoms with Gasteiger partial charge in [0.25, 0.3) is 0 Å². The van der Waals surface area contributed by atoms with Crippen molar-refractivity contribution < 1.29 is 45.8 Å². The predicted molar refractivity (Wildman–Crippen MR) is 165 cm³/mol. The number of nitrogens with two attached hydrogens (primary N) is 1. The van der Waals surface area contributed by atoms with Gasteiger partial charge in [-0.25, -0.2) is 18.4 Å². The molecule has 0 saturated heterocycles. The lowest BCUT2D eigenvalue weighted by molar-refractivity contribution is -0.192. The Labute approximate surface area is 263 Å². The number of fused-ring (bicyclic) bond motifs is 1. The zero-order valence-electron chi connectivity index (χ0n) is 25.0. The van der Waals surface area contributed by atoms with Gasteiger partial charge in [0.1, 0.15) is 6.04 Å². The molecular formula is C31H33F3N4O7S. The molecule has 1 heterocycles. The topological polar surface area (TPSA) is 170 Å². The van der Waals surface area contributed by atoms with Crippen LogP contribution < -0.4 is 25.2 Å². The summed E-state index contributed by atoms with van der Waals surface area (Å²) in [6, 6.07) is 18.5. The summed E-state index contributed by atoms with van der Waals surface area (Å²) in [5, 5.41) is 20.6. The Morgan fingerprint density at radius 3 is 2.33 bits per heavy atom. The Morgan fingerprint density at radius 1 is 1.00 bits per heavy atom. The summed E-state index contributed by atoms with van der Waals surface area (Å²) in [7, 11) is -3.95. The summed E-state index contributed by atoms with van der Waals surface area (Å²) in [4.78, 5) is 26.7. The van der Waals surface area contributed by atoms with Crippen LogP contribution in [0.4, 0.5) is 18.9 Å². The molecule has 11 nitrogen and oxygen atoms in total. The average molecular weight is 663 g/mol. The molecule has 1 aromatic heterocycles. The predicted octanol–water partition coefficient (Wildman–Crippen LogP) is 5.17. The van der Waals surface area contributed by atoms with Crippen LogP contribution in [0.15, 0.2) is 84.0 Å². The van der Waals surface area contributed by atoms with Gasteiger partial charge in [0.05, 0.1) is 17.6 Å². The number of carbonyl (C=O) groups is 2. The number of carboxylic acids is 1. The molecule has 4 rings (SSSR count). The number of amides is 1. The summed E-state index contributed by atoms with van der Waals surface area (Å²) in [5.41, 5.74) is 1.75. The van der Waals surface area contributed by atoms with Crippen LogP contribution in [0.25, 0.3) is 10.8 Å². The zero-order chi connectivity index (χ0) is 34.1. The maximum Gasteiger partial charge on any atom is 0.490 e. The van der Waals surface area contributed by atoms with E-state index in [2.05, 4.69) is 15.6 Å². The van der Waals surface area contributed by atoms with Crippen LogP contribution in [0.3, 0.4) is 0 Å². The van der Waals surface area contributed by atoms with Crippen LogP contribution >= 0.6 is 0 Å². The van der Waals surface area contributed by atoms with Gasteiger partial charge >= 0.3 is 12.1 Å². The maximum absolute atomic E-state index is 13.6. The quantitative estimate of drug-likeness (QED) is 0.169. The van der Waals surface area contributed by atoms with E-state index in [0.29, 0.717) is 29.2 Å². The Morgan fingerprint density at radius 2 is 1.70 bits per heavy atom. The highest BCUT2D eigenvalue weighted by atomic mass is 32.2. The third-order valence-corrected chi connectivity index (χ3v) is 7.16. The number of aromatic nitrogens is 1. The van der Waals surface area contributed by atoms with Gasteiger partial charge in [-0.3, -0.25) is 9.78 Å². The van der Waals surface area contributed by atoms with Crippen molar-refractivity contribution >= 4 is 38.4 Å². The SMILES string of the molecule is CCOc1cc(C(Nc2ccc3cnccc3c2)C(=O)NCc2ccccc2S(N)(=O)=O)ccc1OC(C)C.O=C(O)C(F)(F)F. The molecule has 0 fully saturated rings. The fraction of sp³-hybridized carbons (Fsp3) is 0.258. The molecular weight excluding hydrogens is 629 g/mol. The molecule has 0 aliphatic rings. The number of hydrogen-bond acceptors (Lipinski definition) is 8. The van der Waals surface area contributed by atoms with E-state index in [1.54, 1.807) is 48.8 Å². The van der Waals surface area contributed by atoms with Gasteiger partial charge in [-0.2, -0.15) is 13.2 Å². The number of carboxylic acid groups (broad SMARTS) is 1. The molecule has 0 bridgehead atoms. The van der Waals surface area contributed by atoms with Crippen LogP contribution in [0, 0.1) is 0 Å². The molecule has 0 saturated carbocycles. The lowest BCUT2D eigenvalue weighted by Crippen LogP contribution is -2.33. The van der Waals surface area contributed by atoms with E-state index in [9.17, 15) is 26.4 Å². The summed E-state index contributed by atoms with van der Waals surface area (Å²) in [6.45, 7) is 6.12. The number of pyridine rings is 1. The number of aliphatic carboxylic acids is 1. The number of hydrogen-bond donors (Lipinski definition) is 4. The monoisotopic (exact) mass is 662 g/mol. The van der Waals surface area contributed by atoms with Gasteiger partial charge in [0.2, 0.25) is 15.9 Å². The number of carbonyl (C=O) groups excluding carboxylic acids is 1. The minimum atomic E-state index is -5.08. The maximum atomic E-state index is 13.6. The number of alkyl halides is 3. The van der Waals surface area contributed by atoms with Crippen LogP contribution in [0.2, 0.25) is 0 Å². The first-order valence-corrected chi connectivity index (χ1v) is 15.4. The number of anilines is 1. The molecule has 0 aliphatic carbocycles. The van der Waals surface area contributed by atoms with Crippen LogP contribution in [0.1, 0.15) is 37.9 Å². The Hall–Kier alpha value is -4.89. The van der Waals surface area contributed by atoms with E-state index in [1.165, 1.54) is 6.07 Å². The second-order valence-corrected chi connectivity index (χ2v) is 11.5. The molecule has 1 unspecified atom stereocenters. The van der Waals surface area contributed by atoms with Gasteiger partial charge in [-0.1, -0.05) is 30.3 Å². The molecule has 46 heavy (non-hydrogen) atoms. The van der Waals surface area contributed by atoms with Crippen molar-refractivity contribution in [3.8, 4) is 11.5 Å². The van der Waals surface area contributed by atoms with Crippen LogP contribution in [-0.2, 0) is 26.2 Å². The highest BCUT2D eigenvalue weighted by Gasteiger charge is 2.38. The molecule has 0 radical (unpaired) electrons. The van der Waals surface area contributed by atoms with Gasteiger partial charge < -0.3 is 25.2 Å². The molecule has 15 heteroatoms. The Bertz CT molecular complexity index is 1780. The molecule has 5 N–H and O–H groups in total. The highest BCUT2D eigenvalue weighted by molar-refractivity contribution is 7.89. The summed E-state index contributed by atoms with van der Waals surface area (Å²) < 4.78 is 67.5. The van der Waals surface area contributed by atoms with Crippen molar-refractivity contribution in [2.24, 2.45) is 5.14 Å². The van der Waals surface area contributed by atoms with E-state index >= 15 is 0 Å². The Balaban J connectivity index is 0.000000738. The molecule has 0 spiro atoms. The summed E-state index contributed by atoms with van der Waals surface area (Å²) in [6.07, 6.45) is -1.66. The molecule has 1 atom stereocenters. The smallest absolute Gasteiger partial charge is 0.490 e. The number of primary sulfonamides is 1.